The number of unbranched alkanes of at least 4 members (excludes halogenated alkanes) is 2. The first-order valence-electron chi connectivity index (χ1n) is 12.2. The van der Waals surface area contributed by atoms with Crippen molar-refractivity contribution in [2.24, 2.45) is 5.92 Å². The molecule has 1 aliphatic rings. The second-order valence-electron chi connectivity index (χ2n) is 8.13. The Hall–Kier alpha value is -3.35. The summed E-state index contributed by atoms with van der Waals surface area (Å²) in [4.78, 5) is 22.0. The number of nitrogens with one attached hydrogen (secondary N) is 2. The number of hydrogen-bond acceptors (Lipinski definition) is 6. The van der Waals surface area contributed by atoms with Gasteiger partial charge >= 0.3 is 0 Å². The molecule has 0 aliphatic heterocycles. The standard InChI is InChI=1S/C25H30N4O3.C2H6/c1-4-5-6-11-26-22-10-9-17-14-21(18-12-19(31-2)15-20(13-18)32-3)24(28-23(17)27-22)29-25(30)16-7-8-16;1-2/h9-10,12-16H,4-8,11H2,1-3H3,(H2,26,27,28,29,30);1-2H3. The number of benzene rings is 1. The van der Waals surface area contributed by atoms with Gasteiger partial charge in [0.15, 0.2) is 5.65 Å². The summed E-state index contributed by atoms with van der Waals surface area (Å²) in [5, 5.41) is 7.28. The monoisotopic (exact) mass is 464 g/mol. The highest BCUT2D eigenvalue weighted by molar-refractivity contribution is 5.99. The molecule has 4 rings (SSSR count). The maximum absolute atomic E-state index is 12.6. The average Bonchev–Trinajstić information content (AvgIpc) is 3.73. The molecule has 3 aromatic rings. The molecule has 0 spiro atoms. The van der Waals surface area contributed by atoms with E-state index in [2.05, 4.69) is 22.5 Å². The van der Waals surface area contributed by atoms with Crippen molar-refractivity contribution in [2.75, 3.05) is 31.4 Å². The number of amides is 1. The fraction of sp³-hybridized carbons (Fsp3) is 0.444. The molecule has 0 radical (unpaired) electrons. The summed E-state index contributed by atoms with van der Waals surface area (Å²) in [6.07, 6.45) is 5.31. The summed E-state index contributed by atoms with van der Waals surface area (Å²) in [5.41, 5.74) is 2.24. The molecular weight excluding hydrogens is 428 g/mol. The van der Waals surface area contributed by atoms with Crippen LogP contribution in [0.15, 0.2) is 36.4 Å². The smallest absolute Gasteiger partial charge is 0.228 e. The second-order valence-corrected chi connectivity index (χ2v) is 8.13. The van der Waals surface area contributed by atoms with Gasteiger partial charge in [-0.2, -0.15) is 0 Å². The molecule has 0 unspecified atom stereocenters. The van der Waals surface area contributed by atoms with Crippen molar-refractivity contribution in [3.63, 3.8) is 0 Å². The van der Waals surface area contributed by atoms with Gasteiger partial charge in [0.05, 0.1) is 14.2 Å². The zero-order chi connectivity index (χ0) is 24.5. The maximum atomic E-state index is 12.6. The molecule has 182 valence electrons. The number of methoxy groups -OCH3 is 2. The number of aromatic nitrogens is 2. The quantitative estimate of drug-likeness (QED) is 0.343. The van der Waals surface area contributed by atoms with Gasteiger partial charge in [-0.05, 0) is 55.2 Å². The van der Waals surface area contributed by atoms with Crippen molar-refractivity contribution in [1.29, 1.82) is 0 Å². The van der Waals surface area contributed by atoms with E-state index in [-0.39, 0.29) is 11.8 Å². The summed E-state index contributed by atoms with van der Waals surface area (Å²) < 4.78 is 10.9. The van der Waals surface area contributed by atoms with Gasteiger partial charge in [-0.25, -0.2) is 9.97 Å². The van der Waals surface area contributed by atoms with E-state index >= 15 is 0 Å². The number of hydrogen-bond donors (Lipinski definition) is 2. The predicted molar refractivity (Wildman–Crippen MR) is 139 cm³/mol. The fourth-order valence-corrected chi connectivity index (χ4v) is 3.58. The minimum atomic E-state index is 0.00167. The molecule has 2 N–H and O–H groups in total. The van der Waals surface area contributed by atoms with Crippen molar-refractivity contribution < 1.29 is 14.3 Å². The molecule has 0 atom stereocenters. The van der Waals surface area contributed by atoms with Crippen LogP contribution in [-0.2, 0) is 4.79 Å². The SMILES string of the molecule is CC.CCCCCNc1ccc2cc(-c3cc(OC)cc(OC)c3)c(NC(=O)C3CC3)nc2n1. The summed E-state index contributed by atoms with van der Waals surface area (Å²) in [7, 11) is 3.23. The van der Waals surface area contributed by atoms with Crippen LogP contribution in [0.1, 0.15) is 52.9 Å². The highest BCUT2D eigenvalue weighted by atomic mass is 16.5. The number of carbonyl (C=O) groups is 1. The van der Waals surface area contributed by atoms with Gasteiger partial charge < -0.3 is 20.1 Å². The zero-order valence-corrected chi connectivity index (χ0v) is 20.9. The van der Waals surface area contributed by atoms with Crippen molar-refractivity contribution in [2.45, 2.75) is 52.9 Å². The van der Waals surface area contributed by atoms with E-state index in [9.17, 15) is 4.79 Å². The third-order valence-corrected chi connectivity index (χ3v) is 5.62. The number of nitrogens with zero attached hydrogens (tertiary/aromatic N) is 2. The Morgan fingerprint density at radius 3 is 2.32 bits per heavy atom. The molecule has 2 aromatic heterocycles. The van der Waals surface area contributed by atoms with Gasteiger partial charge in [-0.1, -0.05) is 33.6 Å². The first kappa shape index (κ1) is 25.3. The van der Waals surface area contributed by atoms with E-state index in [1.54, 1.807) is 14.2 Å². The highest BCUT2D eigenvalue weighted by Gasteiger charge is 2.30. The third kappa shape index (κ3) is 6.37. The molecular formula is C27H36N4O3. The zero-order valence-electron chi connectivity index (χ0n) is 20.9. The predicted octanol–water partition coefficient (Wildman–Crippen LogP) is 6.29. The van der Waals surface area contributed by atoms with Crippen LogP contribution in [0.4, 0.5) is 11.6 Å². The average molecular weight is 465 g/mol. The third-order valence-electron chi connectivity index (χ3n) is 5.62. The molecule has 1 fully saturated rings. The van der Waals surface area contributed by atoms with Crippen LogP contribution in [0, 0.1) is 5.92 Å². The van der Waals surface area contributed by atoms with E-state index in [0.717, 1.165) is 48.1 Å². The van der Waals surface area contributed by atoms with Crippen LogP contribution in [0.25, 0.3) is 22.2 Å². The summed E-state index contributed by atoms with van der Waals surface area (Å²) in [6, 6.07) is 11.6. The van der Waals surface area contributed by atoms with Crippen LogP contribution in [0.3, 0.4) is 0 Å². The van der Waals surface area contributed by atoms with E-state index in [4.69, 9.17) is 14.5 Å². The first-order valence-corrected chi connectivity index (χ1v) is 12.2. The molecule has 1 aromatic carbocycles. The molecule has 2 heterocycles. The number of fused-ring (bicyclic) bond motifs is 1. The lowest BCUT2D eigenvalue weighted by atomic mass is 10.0. The van der Waals surface area contributed by atoms with E-state index in [1.807, 2.05) is 50.2 Å². The lowest BCUT2D eigenvalue weighted by molar-refractivity contribution is -0.117. The van der Waals surface area contributed by atoms with Crippen molar-refractivity contribution in [3.05, 3.63) is 36.4 Å². The lowest BCUT2D eigenvalue weighted by Gasteiger charge is -2.14. The number of pyridine rings is 2. The fourth-order valence-electron chi connectivity index (χ4n) is 3.58. The summed E-state index contributed by atoms with van der Waals surface area (Å²) in [5.74, 6) is 2.70. The molecule has 34 heavy (non-hydrogen) atoms. The Morgan fingerprint density at radius 1 is 1.00 bits per heavy atom. The van der Waals surface area contributed by atoms with E-state index in [0.29, 0.717) is 23.0 Å². The summed E-state index contributed by atoms with van der Waals surface area (Å²) in [6.45, 7) is 7.06. The van der Waals surface area contributed by atoms with Gasteiger partial charge in [-0.15, -0.1) is 0 Å². The molecule has 1 saturated carbocycles. The number of anilines is 2. The van der Waals surface area contributed by atoms with Crippen molar-refractivity contribution in [3.8, 4) is 22.6 Å². The van der Waals surface area contributed by atoms with Crippen LogP contribution >= 0.6 is 0 Å². The Bertz CT molecular complexity index is 1090. The van der Waals surface area contributed by atoms with Crippen molar-refractivity contribution in [1.82, 2.24) is 9.97 Å². The van der Waals surface area contributed by atoms with Gasteiger partial charge in [0.2, 0.25) is 5.91 Å². The van der Waals surface area contributed by atoms with Gasteiger partial charge in [0.1, 0.15) is 23.1 Å². The Balaban J connectivity index is 0.00000158. The number of ether oxygens (including phenoxy) is 2. The highest BCUT2D eigenvalue weighted by Crippen LogP contribution is 2.37. The largest absolute Gasteiger partial charge is 0.497 e. The number of rotatable bonds is 10. The summed E-state index contributed by atoms with van der Waals surface area (Å²) >= 11 is 0. The van der Waals surface area contributed by atoms with Gasteiger partial charge in [-0.3, -0.25) is 4.79 Å². The topological polar surface area (TPSA) is 85.4 Å². The Labute approximate surface area is 202 Å². The Kier molecular flexibility index (Phi) is 9.08. The van der Waals surface area contributed by atoms with Crippen molar-refractivity contribution >= 4 is 28.6 Å². The first-order chi connectivity index (χ1) is 16.6. The van der Waals surface area contributed by atoms with Crippen LogP contribution in [0.5, 0.6) is 11.5 Å². The van der Waals surface area contributed by atoms with Crippen LogP contribution in [-0.4, -0.2) is 36.6 Å². The minimum Gasteiger partial charge on any atom is -0.497 e. The number of carbonyl (C=O) groups excluding carboxylic acids is 1. The molecule has 1 amide bonds. The molecule has 1 aliphatic carbocycles. The molecule has 7 nitrogen and oxygen atoms in total. The molecule has 7 heteroatoms. The molecule has 0 bridgehead atoms. The van der Waals surface area contributed by atoms with Crippen LogP contribution < -0.4 is 20.1 Å². The second kappa shape index (κ2) is 12.2. The minimum absolute atomic E-state index is 0.00167. The van der Waals surface area contributed by atoms with Gasteiger partial charge in [0, 0.05) is 29.5 Å². The lowest BCUT2D eigenvalue weighted by Crippen LogP contribution is -2.15. The Morgan fingerprint density at radius 2 is 1.71 bits per heavy atom. The maximum Gasteiger partial charge on any atom is 0.228 e. The van der Waals surface area contributed by atoms with E-state index < -0.39 is 0 Å². The van der Waals surface area contributed by atoms with Crippen LogP contribution in [0.2, 0.25) is 0 Å². The van der Waals surface area contributed by atoms with Gasteiger partial charge in [0.25, 0.3) is 0 Å². The molecule has 0 saturated heterocycles. The normalized spacial score (nSPS) is 12.5. The van der Waals surface area contributed by atoms with E-state index in [1.165, 1.54) is 12.8 Å².